The molecule has 0 aliphatic carbocycles. The van der Waals surface area contributed by atoms with Gasteiger partial charge in [-0.25, -0.2) is 13.5 Å². The molecule has 0 bridgehead atoms. The van der Waals surface area contributed by atoms with E-state index in [1.807, 2.05) is 0 Å². The van der Waals surface area contributed by atoms with Gasteiger partial charge in [0.05, 0.1) is 11.9 Å². The highest BCUT2D eigenvalue weighted by Crippen LogP contribution is 2.20. The van der Waals surface area contributed by atoms with Crippen molar-refractivity contribution in [1.29, 1.82) is 0 Å². The maximum Gasteiger partial charge on any atom is 0.132 e. The summed E-state index contributed by atoms with van der Waals surface area (Å²) in [7, 11) is 0. The molecule has 0 fully saturated rings. The third-order valence-electron chi connectivity index (χ3n) is 2.73. The molecule has 0 aliphatic rings. The van der Waals surface area contributed by atoms with E-state index in [9.17, 15) is 8.78 Å². The van der Waals surface area contributed by atoms with E-state index in [2.05, 4.69) is 10.3 Å². The van der Waals surface area contributed by atoms with Crippen molar-refractivity contribution >= 4 is 0 Å². The van der Waals surface area contributed by atoms with Gasteiger partial charge in [0, 0.05) is 5.56 Å². The van der Waals surface area contributed by atoms with Gasteiger partial charge in [0.2, 0.25) is 0 Å². The van der Waals surface area contributed by atoms with Crippen LogP contribution in [0.1, 0.15) is 0 Å². The summed E-state index contributed by atoms with van der Waals surface area (Å²) in [5, 5.41) is 7.84. The lowest BCUT2D eigenvalue weighted by molar-refractivity contribution is 0.626. The molecule has 3 aromatic rings. The summed E-state index contributed by atoms with van der Waals surface area (Å²) in [5.74, 6) is -0.674. The van der Waals surface area contributed by atoms with Gasteiger partial charge in [-0.15, -0.1) is 5.10 Å². The first-order chi connectivity index (χ1) is 9.24. The number of halogens is 2. The first-order valence-corrected chi connectivity index (χ1v) is 5.67. The highest BCUT2D eigenvalue weighted by molar-refractivity contribution is 5.58. The fourth-order valence-electron chi connectivity index (χ4n) is 1.78. The molecule has 19 heavy (non-hydrogen) atoms. The first-order valence-electron chi connectivity index (χ1n) is 5.67. The van der Waals surface area contributed by atoms with Gasteiger partial charge in [-0.1, -0.05) is 17.3 Å². The van der Waals surface area contributed by atoms with Crippen LogP contribution in [-0.4, -0.2) is 15.0 Å². The topological polar surface area (TPSA) is 30.7 Å². The number of hydrogen-bond acceptors (Lipinski definition) is 2. The Hall–Kier alpha value is -2.56. The van der Waals surface area contributed by atoms with E-state index in [1.54, 1.807) is 36.5 Å². The average Bonchev–Trinajstić information content (AvgIpc) is 2.89. The summed E-state index contributed by atoms with van der Waals surface area (Å²) in [6.07, 6.45) is 1.60. The van der Waals surface area contributed by atoms with E-state index < -0.39 is 0 Å². The average molecular weight is 257 g/mol. The Morgan fingerprint density at radius 1 is 0.895 bits per heavy atom. The molecule has 3 rings (SSSR count). The smallest absolute Gasteiger partial charge is 0.132 e. The van der Waals surface area contributed by atoms with Gasteiger partial charge < -0.3 is 0 Å². The minimum atomic E-state index is -0.353. The lowest BCUT2D eigenvalue weighted by atomic mass is 10.1. The minimum Gasteiger partial charge on any atom is -0.220 e. The lowest BCUT2D eigenvalue weighted by Gasteiger charge is -1.99. The molecule has 1 heterocycles. The normalized spacial score (nSPS) is 10.6. The van der Waals surface area contributed by atoms with Crippen LogP contribution in [0.25, 0.3) is 16.9 Å². The lowest BCUT2D eigenvalue weighted by Crippen LogP contribution is -1.94. The number of rotatable bonds is 2. The van der Waals surface area contributed by atoms with Crippen molar-refractivity contribution < 1.29 is 8.78 Å². The summed E-state index contributed by atoms with van der Waals surface area (Å²) >= 11 is 0. The molecule has 0 N–H and O–H groups in total. The predicted molar refractivity (Wildman–Crippen MR) is 66.7 cm³/mol. The number of nitrogens with zero attached hydrogens (tertiary/aromatic N) is 3. The summed E-state index contributed by atoms with van der Waals surface area (Å²) in [6.45, 7) is 0. The van der Waals surface area contributed by atoms with Crippen molar-refractivity contribution in [2.45, 2.75) is 0 Å². The maximum atomic E-state index is 13.6. The Kier molecular flexibility index (Phi) is 2.79. The van der Waals surface area contributed by atoms with Crippen LogP contribution in [0.15, 0.2) is 54.7 Å². The van der Waals surface area contributed by atoms with Crippen molar-refractivity contribution in [3.8, 4) is 16.9 Å². The molecule has 0 atom stereocenters. The van der Waals surface area contributed by atoms with Crippen molar-refractivity contribution in [3.05, 3.63) is 66.4 Å². The van der Waals surface area contributed by atoms with Gasteiger partial charge in [-0.3, -0.25) is 0 Å². The molecular formula is C14H9F2N3. The maximum absolute atomic E-state index is 13.6. The van der Waals surface area contributed by atoms with E-state index in [1.165, 1.54) is 22.9 Å². The molecule has 0 saturated heterocycles. The van der Waals surface area contributed by atoms with Crippen LogP contribution in [0.3, 0.4) is 0 Å². The Balaban J connectivity index is 2.00. The zero-order chi connectivity index (χ0) is 13.2. The highest BCUT2D eigenvalue weighted by atomic mass is 19.1. The second-order valence-electron chi connectivity index (χ2n) is 4.00. The Morgan fingerprint density at radius 3 is 2.37 bits per heavy atom. The second-order valence-corrected chi connectivity index (χ2v) is 4.00. The summed E-state index contributed by atoms with van der Waals surface area (Å²) in [4.78, 5) is 0. The van der Waals surface area contributed by atoms with Crippen molar-refractivity contribution in [2.75, 3.05) is 0 Å². The highest BCUT2D eigenvalue weighted by Gasteiger charge is 2.09. The van der Waals surface area contributed by atoms with Crippen molar-refractivity contribution in [3.63, 3.8) is 0 Å². The molecule has 0 unspecified atom stereocenters. The molecule has 0 spiro atoms. The molecule has 94 valence electrons. The Morgan fingerprint density at radius 2 is 1.63 bits per heavy atom. The third kappa shape index (κ3) is 2.22. The second kappa shape index (κ2) is 4.61. The van der Waals surface area contributed by atoms with Crippen LogP contribution in [0.5, 0.6) is 0 Å². The monoisotopic (exact) mass is 257 g/mol. The molecule has 5 heteroatoms. The van der Waals surface area contributed by atoms with Crippen molar-refractivity contribution in [2.24, 2.45) is 0 Å². The summed E-state index contributed by atoms with van der Waals surface area (Å²) in [6, 6.07) is 12.2. The third-order valence-corrected chi connectivity index (χ3v) is 2.73. The quantitative estimate of drug-likeness (QED) is 0.705. The molecule has 0 radical (unpaired) electrons. The van der Waals surface area contributed by atoms with Crippen LogP contribution >= 0.6 is 0 Å². The predicted octanol–water partition coefficient (Wildman–Crippen LogP) is 3.21. The summed E-state index contributed by atoms with van der Waals surface area (Å²) in [5.41, 5.74) is 1.48. The number of hydrogen-bond donors (Lipinski definition) is 0. The molecule has 3 nitrogen and oxygen atoms in total. The van der Waals surface area contributed by atoms with E-state index >= 15 is 0 Å². The van der Waals surface area contributed by atoms with Crippen LogP contribution < -0.4 is 0 Å². The molecule has 0 aliphatic heterocycles. The van der Waals surface area contributed by atoms with Crippen molar-refractivity contribution in [1.82, 2.24) is 15.0 Å². The van der Waals surface area contributed by atoms with E-state index in [4.69, 9.17) is 0 Å². The van der Waals surface area contributed by atoms with E-state index in [0.29, 0.717) is 16.9 Å². The minimum absolute atomic E-state index is 0.321. The van der Waals surface area contributed by atoms with Gasteiger partial charge >= 0.3 is 0 Å². The molecule has 2 aromatic carbocycles. The SMILES string of the molecule is Fc1ccc(-n2cc(-c3ccccc3F)nn2)cc1. The van der Waals surface area contributed by atoms with Gasteiger partial charge in [-0.05, 0) is 36.4 Å². The van der Waals surface area contributed by atoms with Crippen LogP contribution in [0, 0.1) is 11.6 Å². The van der Waals surface area contributed by atoms with Gasteiger partial charge in [0.1, 0.15) is 17.3 Å². The van der Waals surface area contributed by atoms with Gasteiger partial charge in [0.25, 0.3) is 0 Å². The number of aromatic nitrogens is 3. The van der Waals surface area contributed by atoms with Crippen LogP contribution in [-0.2, 0) is 0 Å². The standard InChI is InChI=1S/C14H9F2N3/c15-10-5-7-11(8-6-10)19-9-14(17-18-19)12-3-1-2-4-13(12)16/h1-9H. The first kappa shape index (κ1) is 11.5. The zero-order valence-corrected chi connectivity index (χ0v) is 9.79. The summed E-state index contributed by atoms with van der Waals surface area (Å²) < 4.78 is 27.9. The zero-order valence-electron chi connectivity index (χ0n) is 9.79. The van der Waals surface area contributed by atoms with Crippen LogP contribution in [0.2, 0.25) is 0 Å². The van der Waals surface area contributed by atoms with Crippen LogP contribution in [0.4, 0.5) is 8.78 Å². The fourth-order valence-corrected chi connectivity index (χ4v) is 1.78. The largest absolute Gasteiger partial charge is 0.220 e. The molecular weight excluding hydrogens is 248 g/mol. The van der Waals surface area contributed by atoms with Gasteiger partial charge in [-0.2, -0.15) is 0 Å². The van der Waals surface area contributed by atoms with Gasteiger partial charge in [0.15, 0.2) is 0 Å². The Labute approximate surface area is 108 Å². The molecule has 0 amide bonds. The Bertz CT molecular complexity index is 705. The van der Waals surface area contributed by atoms with E-state index in [-0.39, 0.29) is 11.6 Å². The van der Waals surface area contributed by atoms with E-state index in [0.717, 1.165) is 0 Å². The number of benzene rings is 2. The molecule has 1 aromatic heterocycles. The molecule has 0 saturated carbocycles. The fraction of sp³-hybridized carbons (Fsp3) is 0.